The van der Waals surface area contributed by atoms with E-state index >= 15 is 0 Å². The molecule has 1 saturated heterocycles. The Morgan fingerprint density at radius 1 is 1.16 bits per heavy atom. The first-order valence-electron chi connectivity index (χ1n) is 15.1. The van der Waals surface area contributed by atoms with Gasteiger partial charge in [-0.25, -0.2) is 24.1 Å². The maximum atomic E-state index is 13.9. The quantitative estimate of drug-likeness (QED) is 0.321. The van der Waals surface area contributed by atoms with E-state index in [2.05, 4.69) is 21.3 Å². The number of nitrogens with zero attached hydrogens (tertiary/aromatic N) is 5. The van der Waals surface area contributed by atoms with Gasteiger partial charge in [-0.2, -0.15) is 0 Å². The number of carbonyl (C=O) groups is 2. The Morgan fingerprint density at radius 2 is 1.96 bits per heavy atom. The summed E-state index contributed by atoms with van der Waals surface area (Å²) in [6.07, 6.45) is 4.14. The van der Waals surface area contributed by atoms with Gasteiger partial charge in [0.15, 0.2) is 0 Å². The summed E-state index contributed by atoms with van der Waals surface area (Å²) < 4.78 is 26.9. The number of amides is 2. The minimum absolute atomic E-state index is 0.000683. The third-order valence-electron chi connectivity index (χ3n) is 8.83. The van der Waals surface area contributed by atoms with Crippen LogP contribution in [0.25, 0.3) is 16.9 Å². The molecule has 0 bridgehead atoms. The Labute approximate surface area is 259 Å². The lowest BCUT2D eigenvalue weighted by molar-refractivity contribution is -0.0302. The fourth-order valence-electron chi connectivity index (χ4n) is 6.85. The molecular formula is C33H35FN6O5. The first-order valence-corrected chi connectivity index (χ1v) is 15.1. The molecule has 3 aromatic heterocycles. The van der Waals surface area contributed by atoms with Crippen molar-refractivity contribution < 1.29 is 28.6 Å². The van der Waals surface area contributed by atoms with Crippen molar-refractivity contribution in [3.8, 4) is 11.3 Å². The van der Waals surface area contributed by atoms with Crippen molar-refractivity contribution >= 4 is 29.2 Å². The van der Waals surface area contributed by atoms with Gasteiger partial charge in [0.25, 0.3) is 5.91 Å². The molecule has 0 atom stereocenters. The van der Waals surface area contributed by atoms with Crippen molar-refractivity contribution in [2.24, 2.45) is 0 Å². The van der Waals surface area contributed by atoms with Crippen LogP contribution in [0, 0.1) is 5.82 Å². The molecule has 0 unspecified atom stereocenters. The molecule has 7 rings (SSSR count). The zero-order chi connectivity index (χ0) is 31.5. The van der Waals surface area contributed by atoms with E-state index in [0.29, 0.717) is 65.8 Å². The number of aromatic nitrogens is 3. The molecule has 4 aromatic rings. The van der Waals surface area contributed by atoms with E-state index < -0.39 is 23.4 Å². The van der Waals surface area contributed by atoms with Gasteiger partial charge in [-0.1, -0.05) is 12.1 Å². The number of β-amino-alcohol motifs (C(OH)–C–C–N with tert-alkyl or cyclic N) is 1. The third kappa shape index (κ3) is 5.02. The molecular weight excluding hydrogens is 579 g/mol. The number of imide groups is 1. The molecule has 1 fully saturated rings. The van der Waals surface area contributed by atoms with Gasteiger partial charge >= 0.3 is 6.09 Å². The average molecular weight is 615 g/mol. The van der Waals surface area contributed by atoms with Crippen LogP contribution in [0.15, 0.2) is 48.8 Å². The molecule has 0 radical (unpaired) electrons. The number of rotatable bonds is 5. The van der Waals surface area contributed by atoms with E-state index in [1.807, 2.05) is 12.1 Å². The van der Waals surface area contributed by atoms with Crippen LogP contribution >= 0.6 is 0 Å². The minimum atomic E-state index is -0.790. The topological polar surface area (TPSA) is 122 Å². The molecule has 3 aliphatic rings. The standard InChI is InChI=1S/C33H35FN6O5/c1-32(2,3)45-31(43)40-18-22-21(26-17-35-28-16-20(34)8-11-39(26)28)4-6-24(29(22)30(40)42)36-27-7-5-23-25(37-27)19-38(12-13-41)33(23)9-14-44-15-10-33/h4-8,11,16-17,41H,9-10,12-15,18-19H2,1-3H3,(H,36,37). The fourth-order valence-corrected chi connectivity index (χ4v) is 6.85. The summed E-state index contributed by atoms with van der Waals surface area (Å²) in [5.74, 6) is -0.328. The van der Waals surface area contributed by atoms with Gasteiger partial charge in [0.2, 0.25) is 0 Å². The minimum Gasteiger partial charge on any atom is -0.443 e. The van der Waals surface area contributed by atoms with Crippen LogP contribution in [0.5, 0.6) is 0 Å². The van der Waals surface area contributed by atoms with Crippen molar-refractivity contribution in [2.45, 2.75) is 57.8 Å². The second-order valence-electron chi connectivity index (χ2n) is 12.7. The summed E-state index contributed by atoms with van der Waals surface area (Å²) in [6, 6.07) is 10.3. The van der Waals surface area contributed by atoms with Crippen LogP contribution in [-0.2, 0) is 28.1 Å². The molecule has 0 aliphatic carbocycles. The molecule has 45 heavy (non-hydrogen) atoms. The van der Waals surface area contributed by atoms with Crippen molar-refractivity contribution in [2.75, 3.05) is 31.7 Å². The number of nitrogens with one attached hydrogen (secondary N) is 1. The smallest absolute Gasteiger partial charge is 0.417 e. The lowest BCUT2D eigenvalue weighted by atomic mass is 9.83. The van der Waals surface area contributed by atoms with Crippen LogP contribution in [0.2, 0.25) is 0 Å². The molecule has 12 heteroatoms. The van der Waals surface area contributed by atoms with E-state index in [1.165, 1.54) is 12.1 Å². The number of imidazole rings is 1. The lowest BCUT2D eigenvalue weighted by Gasteiger charge is -2.41. The Bertz CT molecular complexity index is 1830. The van der Waals surface area contributed by atoms with Crippen LogP contribution in [0.3, 0.4) is 0 Å². The predicted octanol–water partition coefficient (Wildman–Crippen LogP) is 4.98. The number of fused-ring (bicyclic) bond motifs is 4. The molecule has 1 spiro atoms. The van der Waals surface area contributed by atoms with Gasteiger partial charge < -0.3 is 19.9 Å². The van der Waals surface area contributed by atoms with E-state index in [-0.39, 0.29) is 18.7 Å². The number of aliphatic hydroxyl groups excluding tert-OH is 1. The van der Waals surface area contributed by atoms with Gasteiger partial charge in [-0.15, -0.1) is 0 Å². The normalized spacial score (nSPS) is 17.6. The number of pyridine rings is 2. The summed E-state index contributed by atoms with van der Waals surface area (Å²) in [7, 11) is 0. The molecule has 3 aliphatic heterocycles. The monoisotopic (exact) mass is 614 g/mol. The largest absolute Gasteiger partial charge is 0.443 e. The number of aliphatic hydroxyl groups is 1. The molecule has 234 valence electrons. The maximum Gasteiger partial charge on any atom is 0.417 e. The van der Waals surface area contributed by atoms with Gasteiger partial charge in [0.1, 0.15) is 22.9 Å². The van der Waals surface area contributed by atoms with Crippen molar-refractivity contribution in [1.29, 1.82) is 0 Å². The Hall–Kier alpha value is -4.39. The lowest BCUT2D eigenvalue weighted by Crippen LogP contribution is -2.46. The first kappa shape index (κ1) is 29.3. The zero-order valence-electron chi connectivity index (χ0n) is 25.5. The van der Waals surface area contributed by atoms with Gasteiger partial charge in [0.05, 0.1) is 47.5 Å². The average Bonchev–Trinajstić information content (AvgIpc) is 3.65. The number of ether oxygens (including phenoxy) is 2. The number of benzene rings is 1. The molecule has 2 amide bonds. The highest BCUT2D eigenvalue weighted by Gasteiger charge is 2.46. The summed E-state index contributed by atoms with van der Waals surface area (Å²) in [5.41, 5.74) is 4.29. The highest BCUT2D eigenvalue weighted by Crippen LogP contribution is 2.46. The summed E-state index contributed by atoms with van der Waals surface area (Å²) >= 11 is 0. The van der Waals surface area contributed by atoms with Crippen LogP contribution in [0.4, 0.5) is 20.7 Å². The molecule has 2 N–H and O–H groups in total. The second-order valence-corrected chi connectivity index (χ2v) is 12.7. The number of hydrogen-bond donors (Lipinski definition) is 2. The Balaban J connectivity index is 1.28. The van der Waals surface area contributed by atoms with Gasteiger partial charge in [-0.3, -0.25) is 14.1 Å². The molecule has 11 nitrogen and oxygen atoms in total. The SMILES string of the molecule is CC(C)(C)OC(=O)N1Cc2c(-c3cnc4cc(F)ccn34)ccc(Nc3ccc4c(n3)CN(CCO)C43CCOCC3)c2C1=O. The van der Waals surface area contributed by atoms with Crippen molar-refractivity contribution in [3.63, 3.8) is 0 Å². The summed E-state index contributed by atoms with van der Waals surface area (Å²) in [5, 5.41) is 13.1. The van der Waals surface area contributed by atoms with Crippen molar-refractivity contribution in [1.82, 2.24) is 24.2 Å². The highest BCUT2D eigenvalue weighted by atomic mass is 19.1. The fraction of sp³-hybridized carbons (Fsp3) is 0.394. The van der Waals surface area contributed by atoms with Crippen molar-refractivity contribution in [3.05, 3.63) is 77.0 Å². The van der Waals surface area contributed by atoms with E-state index in [1.54, 1.807) is 43.6 Å². The maximum absolute atomic E-state index is 13.9. The zero-order valence-corrected chi connectivity index (χ0v) is 25.5. The third-order valence-corrected chi connectivity index (χ3v) is 8.83. The Morgan fingerprint density at radius 3 is 2.71 bits per heavy atom. The molecule has 0 saturated carbocycles. The van der Waals surface area contributed by atoms with Gasteiger partial charge in [-0.05, 0) is 62.9 Å². The number of anilines is 2. The van der Waals surface area contributed by atoms with E-state index in [9.17, 15) is 19.1 Å². The van der Waals surface area contributed by atoms with Crippen LogP contribution in [0.1, 0.15) is 60.8 Å². The summed E-state index contributed by atoms with van der Waals surface area (Å²) in [4.78, 5) is 39.8. The molecule has 6 heterocycles. The van der Waals surface area contributed by atoms with E-state index in [4.69, 9.17) is 14.5 Å². The van der Waals surface area contributed by atoms with E-state index in [0.717, 1.165) is 29.0 Å². The van der Waals surface area contributed by atoms with Crippen LogP contribution in [-0.4, -0.2) is 73.2 Å². The number of carbonyl (C=O) groups excluding carboxylic acids is 2. The predicted molar refractivity (Wildman–Crippen MR) is 163 cm³/mol. The van der Waals surface area contributed by atoms with Crippen LogP contribution < -0.4 is 5.32 Å². The Kier molecular flexibility index (Phi) is 7.10. The summed E-state index contributed by atoms with van der Waals surface area (Å²) in [6.45, 7) is 7.75. The first-order chi connectivity index (χ1) is 21.6. The number of halogens is 1. The highest BCUT2D eigenvalue weighted by molar-refractivity contribution is 6.11. The number of hydrogen-bond acceptors (Lipinski definition) is 9. The molecule has 1 aromatic carbocycles. The van der Waals surface area contributed by atoms with Gasteiger partial charge in [0, 0.05) is 44.1 Å². The second kappa shape index (κ2) is 10.9.